The number of carbonyl (C=O) groups is 1. The maximum atomic E-state index is 13.1. The van der Waals surface area contributed by atoms with Gasteiger partial charge in [0, 0.05) is 32.9 Å². The number of aromatic nitrogens is 5. The maximum absolute atomic E-state index is 13.1. The fourth-order valence-corrected chi connectivity index (χ4v) is 4.75. The molecule has 2 aromatic carbocycles. The predicted octanol–water partition coefficient (Wildman–Crippen LogP) is 6.42. The third-order valence-corrected chi connectivity index (χ3v) is 6.01. The summed E-state index contributed by atoms with van der Waals surface area (Å²) in [6.07, 6.45) is -4.82. The van der Waals surface area contributed by atoms with Gasteiger partial charge in [-0.3, -0.25) is 4.79 Å². The molecule has 0 bridgehead atoms. The second-order valence-corrected chi connectivity index (χ2v) is 9.49. The van der Waals surface area contributed by atoms with Crippen LogP contribution in [0, 0.1) is 13.8 Å². The lowest BCUT2D eigenvalue weighted by molar-refractivity contribution is -0.274. The Bertz CT molecular complexity index is 1410. The first-order valence-corrected chi connectivity index (χ1v) is 12.2. The van der Waals surface area contributed by atoms with Crippen LogP contribution in [-0.2, 0) is 5.75 Å². The Hall–Kier alpha value is -3.35. The summed E-state index contributed by atoms with van der Waals surface area (Å²) in [6.45, 7) is 3.70. The van der Waals surface area contributed by atoms with Crippen molar-refractivity contribution in [3.8, 4) is 11.4 Å². The molecule has 2 heterocycles. The van der Waals surface area contributed by atoms with Crippen LogP contribution in [0.15, 0.2) is 53.7 Å². The number of halogens is 5. The van der Waals surface area contributed by atoms with Crippen LogP contribution in [0.4, 0.5) is 18.9 Å². The molecule has 2 aromatic heterocycles. The lowest BCUT2D eigenvalue weighted by atomic mass is 10.2. The highest BCUT2D eigenvalue weighted by molar-refractivity contribution is 7.98. The van der Waals surface area contributed by atoms with Gasteiger partial charge < -0.3 is 10.1 Å². The number of ether oxygens (including phenoxy) is 1. The average Bonchev–Trinajstić information content (AvgIpc) is 3.21. The predicted molar refractivity (Wildman–Crippen MR) is 134 cm³/mol. The first-order chi connectivity index (χ1) is 17.5. The van der Waals surface area contributed by atoms with E-state index in [1.54, 1.807) is 18.2 Å². The standard InChI is InChI=1S/C23H17Cl2F3N6O2S/c1-12-7-13(2)30-22(29-12)37-11-19-20(32-33-34(19)17-9-14(24)8-15(25)10-17)21(35)31-16-3-5-18(6-4-16)36-23(26,27)28/h3-10H,11H2,1-2H3,(H,31,35). The van der Waals surface area contributed by atoms with E-state index >= 15 is 0 Å². The number of benzene rings is 2. The monoisotopic (exact) mass is 568 g/mol. The molecule has 0 spiro atoms. The van der Waals surface area contributed by atoms with E-state index in [2.05, 4.69) is 30.3 Å². The molecule has 0 saturated carbocycles. The quantitative estimate of drug-likeness (QED) is 0.203. The van der Waals surface area contributed by atoms with Crippen molar-refractivity contribution in [2.45, 2.75) is 31.1 Å². The topological polar surface area (TPSA) is 94.8 Å². The smallest absolute Gasteiger partial charge is 0.406 e. The van der Waals surface area contributed by atoms with Crippen LogP contribution in [0.3, 0.4) is 0 Å². The number of anilines is 1. The zero-order chi connectivity index (χ0) is 26.7. The van der Waals surface area contributed by atoms with Crippen LogP contribution >= 0.6 is 35.0 Å². The minimum Gasteiger partial charge on any atom is -0.406 e. The zero-order valence-electron chi connectivity index (χ0n) is 19.2. The number of hydrogen-bond acceptors (Lipinski definition) is 7. The minimum atomic E-state index is -4.82. The minimum absolute atomic E-state index is 0.0106. The van der Waals surface area contributed by atoms with Gasteiger partial charge in [-0.25, -0.2) is 14.6 Å². The van der Waals surface area contributed by atoms with Gasteiger partial charge in [0.2, 0.25) is 0 Å². The number of rotatable bonds is 7. The number of amides is 1. The normalized spacial score (nSPS) is 11.4. The van der Waals surface area contributed by atoms with Crippen molar-refractivity contribution in [3.05, 3.63) is 81.4 Å². The Morgan fingerprint density at radius 2 is 1.65 bits per heavy atom. The lowest BCUT2D eigenvalue weighted by Crippen LogP contribution is -2.17. The number of aryl methyl sites for hydroxylation is 2. The van der Waals surface area contributed by atoms with Crippen LogP contribution in [0.25, 0.3) is 5.69 Å². The van der Waals surface area contributed by atoms with Crippen molar-refractivity contribution in [2.75, 3.05) is 5.32 Å². The summed E-state index contributed by atoms with van der Waals surface area (Å²) in [7, 11) is 0. The van der Waals surface area contributed by atoms with Gasteiger partial charge in [-0.15, -0.1) is 18.3 Å². The second-order valence-electron chi connectivity index (χ2n) is 7.67. The molecule has 0 atom stereocenters. The first kappa shape index (κ1) is 26.7. The molecule has 37 heavy (non-hydrogen) atoms. The average molecular weight is 569 g/mol. The van der Waals surface area contributed by atoms with E-state index in [1.165, 1.54) is 28.6 Å². The van der Waals surface area contributed by atoms with Crippen molar-refractivity contribution in [1.82, 2.24) is 25.0 Å². The molecule has 8 nitrogen and oxygen atoms in total. The Kier molecular flexibility index (Phi) is 7.90. The highest BCUT2D eigenvalue weighted by atomic mass is 35.5. The van der Waals surface area contributed by atoms with E-state index in [0.717, 1.165) is 23.5 Å². The number of thioether (sulfide) groups is 1. The van der Waals surface area contributed by atoms with Gasteiger partial charge in [0.25, 0.3) is 5.91 Å². The Morgan fingerprint density at radius 3 is 2.24 bits per heavy atom. The largest absolute Gasteiger partial charge is 0.573 e. The zero-order valence-corrected chi connectivity index (χ0v) is 21.5. The molecule has 14 heteroatoms. The molecule has 0 aliphatic carbocycles. The van der Waals surface area contributed by atoms with Gasteiger partial charge in [-0.2, -0.15) is 0 Å². The molecule has 0 aliphatic heterocycles. The van der Waals surface area contributed by atoms with Crippen molar-refractivity contribution in [1.29, 1.82) is 0 Å². The molecular formula is C23H17Cl2F3N6O2S. The van der Waals surface area contributed by atoms with Gasteiger partial charge in [0.15, 0.2) is 10.9 Å². The summed E-state index contributed by atoms with van der Waals surface area (Å²) >= 11 is 13.6. The lowest BCUT2D eigenvalue weighted by Gasteiger charge is -2.11. The van der Waals surface area contributed by atoms with Crippen molar-refractivity contribution >= 4 is 46.6 Å². The number of nitrogens with one attached hydrogen (secondary N) is 1. The van der Waals surface area contributed by atoms with E-state index in [4.69, 9.17) is 23.2 Å². The number of alkyl halides is 3. The molecule has 4 rings (SSSR count). The third-order valence-electron chi connectivity index (χ3n) is 4.72. The molecule has 0 saturated heterocycles. The van der Waals surface area contributed by atoms with Crippen LogP contribution in [0.1, 0.15) is 27.6 Å². The van der Waals surface area contributed by atoms with E-state index in [-0.39, 0.29) is 17.1 Å². The Balaban J connectivity index is 1.63. The highest BCUT2D eigenvalue weighted by Gasteiger charge is 2.31. The number of hydrogen-bond donors (Lipinski definition) is 1. The number of carbonyl (C=O) groups excluding carboxylic acids is 1. The Labute approximate surface area is 223 Å². The van der Waals surface area contributed by atoms with Gasteiger partial charge in [0.1, 0.15) is 5.75 Å². The van der Waals surface area contributed by atoms with E-state index in [1.807, 2.05) is 19.9 Å². The summed E-state index contributed by atoms with van der Waals surface area (Å²) in [5.74, 6) is -0.832. The SMILES string of the molecule is Cc1cc(C)nc(SCc2c(C(=O)Nc3ccc(OC(F)(F)F)cc3)nnn2-c2cc(Cl)cc(Cl)c2)n1. The van der Waals surface area contributed by atoms with Crippen molar-refractivity contribution in [2.24, 2.45) is 0 Å². The highest BCUT2D eigenvalue weighted by Crippen LogP contribution is 2.28. The van der Waals surface area contributed by atoms with Gasteiger partial charge in [-0.1, -0.05) is 40.2 Å². The first-order valence-electron chi connectivity index (χ1n) is 10.5. The molecule has 1 amide bonds. The molecule has 1 N–H and O–H groups in total. The fraction of sp³-hybridized carbons (Fsp3) is 0.174. The Morgan fingerprint density at radius 1 is 1.03 bits per heavy atom. The summed E-state index contributed by atoms with van der Waals surface area (Å²) in [6, 6.07) is 11.4. The summed E-state index contributed by atoms with van der Waals surface area (Å²) < 4.78 is 42.5. The van der Waals surface area contributed by atoms with Crippen molar-refractivity contribution in [3.63, 3.8) is 0 Å². The van der Waals surface area contributed by atoms with E-state index in [9.17, 15) is 18.0 Å². The molecule has 0 radical (unpaired) electrons. The van der Waals surface area contributed by atoms with Crippen LogP contribution in [-0.4, -0.2) is 37.2 Å². The van der Waals surface area contributed by atoms with Crippen LogP contribution in [0.5, 0.6) is 5.75 Å². The molecule has 4 aromatic rings. The van der Waals surface area contributed by atoms with Gasteiger partial charge in [0.05, 0.1) is 11.4 Å². The fourth-order valence-electron chi connectivity index (χ4n) is 3.30. The van der Waals surface area contributed by atoms with Gasteiger partial charge in [-0.05, 0) is 62.4 Å². The molecule has 0 fully saturated rings. The second kappa shape index (κ2) is 11.0. The van der Waals surface area contributed by atoms with Gasteiger partial charge >= 0.3 is 6.36 Å². The molecular weight excluding hydrogens is 552 g/mol. The molecule has 0 aliphatic rings. The maximum Gasteiger partial charge on any atom is 0.573 e. The third kappa shape index (κ3) is 7.12. The van der Waals surface area contributed by atoms with E-state index < -0.39 is 18.0 Å². The molecule has 0 unspecified atom stereocenters. The van der Waals surface area contributed by atoms with E-state index in [0.29, 0.717) is 26.6 Å². The summed E-state index contributed by atoms with van der Waals surface area (Å²) in [4.78, 5) is 21.9. The number of nitrogens with zero attached hydrogens (tertiary/aromatic N) is 5. The van der Waals surface area contributed by atoms with Crippen molar-refractivity contribution < 1.29 is 22.7 Å². The summed E-state index contributed by atoms with van der Waals surface area (Å²) in [5, 5.41) is 12.0. The molecule has 192 valence electrons. The van der Waals surface area contributed by atoms with Crippen LogP contribution < -0.4 is 10.1 Å². The summed E-state index contributed by atoms with van der Waals surface area (Å²) in [5.41, 5.74) is 2.69. The van der Waals surface area contributed by atoms with Crippen LogP contribution in [0.2, 0.25) is 10.0 Å².